The van der Waals surface area contributed by atoms with Gasteiger partial charge in [0.25, 0.3) is 0 Å². The first-order valence-electron chi connectivity index (χ1n) is 7.26. The first kappa shape index (κ1) is 15.5. The highest BCUT2D eigenvalue weighted by atomic mass is 79.9. The van der Waals surface area contributed by atoms with E-state index in [4.69, 9.17) is 0 Å². The van der Waals surface area contributed by atoms with Gasteiger partial charge in [0.1, 0.15) is 0 Å². The third kappa shape index (κ3) is 4.32. The number of aliphatic hydroxyl groups excluding tert-OH is 1. The fraction of sp³-hybridized carbons (Fsp3) is 0.562. The van der Waals surface area contributed by atoms with E-state index < -0.39 is 0 Å². The van der Waals surface area contributed by atoms with Gasteiger partial charge in [-0.25, -0.2) is 0 Å². The van der Waals surface area contributed by atoms with Crippen LogP contribution in [0.3, 0.4) is 0 Å². The highest BCUT2D eigenvalue weighted by Crippen LogP contribution is 2.25. The number of hydrogen-bond donors (Lipinski definition) is 2. The molecule has 0 radical (unpaired) electrons. The van der Waals surface area contributed by atoms with Gasteiger partial charge in [0.05, 0.1) is 6.10 Å². The van der Waals surface area contributed by atoms with Gasteiger partial charge in [0.2, 0.25) is 5.91 Å². The maximum absolute atomic E-state index is 12.0. The fourth-order valence-corrected chi connectivity index (χ4v) is 3.02. The topological polar surface area (TPSA) is 49.3 Å². The van der Waals surface area contributed by atoms with Gasteiger partial charge in [-0.2, -0.15) is 0 Å². The van der Waals surface area contributed by atoms with Gasteiger partial charge < -0.3 is 10.4 Å². The number of nitrogens with one attached hydrogen (secondary N) is 1. The first-order valence-corrected chi connectivity index (χ1v) is 8.06. The summed E-state index contributed by atoms with van der Waals surface area (Å²) in [6.45, 7) is 2.67. The monoisotopic (exact) mass is 339 g/mol. The lowest BCUT2D eigenvalue weighted by Gasteiger charge is -2.16. The normalized spacial score (nSPS) is 23.6. The van der Waals surface area contributed by atoms with E-state index in [1.165, 1.54) is 5.56 Å². The van der Waals surface area contributed by atoms with Crippen molar-refractivity contribution in [3.63, 3.8) is 0 Å². The number of rotatable bonds is 5. The molecule has 2 rings (SSSR count). The minimum atomic E-state index is -0.237. The SMILES string of the molecule is CC(CC(=O)NCC1CCCC1O)c1ccc(Br)cc1. The summed E-state index contributed by atoms with van der Waals surface area (Å²) < 4.78 is 1.05. The van der Waals surface area contributed by atoms with Crippen LogP contribution in [-0.4, -0.2) is 23.7 Å². The van der Waals surface area contributed by atoms with Crippen molar-refractivity contribution in [1.29, 1.82) is 0 Å². The lowest BCUT2D eigenvalue weighted by molar-refractivity contribution is -0.121. The molecular formula is C16H22BrNO2. The fourth-order valence-electron chi connectivity index (χ4n) is 2.76. The lowest BCUT2D eigenvalue weighted by Crippen LogP contribution is -2.32. The molecule has 1 aromatic rings. The van der Waals surface area contributed by atoms with E-state index in [9.17, 15) is 9.90 Å². The Balaban J connectivity index is 1.77. The van der Waals surface area contributed by atoms with Crippen LogP contribution in [0, 0.1) is 5.92 Å². The molecule has 1 aliphatic rings. The zero-order chi connectivity index (χ0) is 14.5. The minimum absolute atomic E-state index is 0.0690. The number of benzene rings is 1. The number of halogens is 1. The number of carbonyl (C=O) groups is 1. The number of aliphatic hydroxyl groups is 1. The summed E-state index contributed by atoms with van der Waals surface area (Å²) in [5.41, 5.74) is 1.17. The number of amides is 1. The molecule has 1 saturated carbocycles. The molecular weight excluding hydrogens is 318 g/mol. The first-order chi connectivity index (χ1) is 9.56. The molecule has 1 aliphatic carbocycles. The van der Waals surface area contributed by atoms with Crippen molar-refractivity contribution < 1.29 is 9.90 Å². The number of carbonyl (C=O) groups excluding carboxylic acids is 1. The van der Waals surface area contributed by atoms with E-state index >= 15 is 0 Å². The predicted octanol–water partition coefficient (Wildman–Crippen LogP) is 3.22. The van der Waals surface area contributed by atoms with E-state index in [0.717, 1.165) is 23.7 Å². The van der Waals surface area contributed by atoms with Crippen LogP contribution < -0.4 is 5.32 Å². The maximum Gasteiger partial charge on any atom is 0.220 e. The van der Waals surface area contributed by atoms with Gasteiger partial charge in [0, 0.05) is 23.4 Å². The van der Waals surface area contributed by atoms with Crippen molar-refractivity contribution in [2.24, 2.45) is 5.92 Å². The Kier molecular flexibility index (Phi) is 5.61. The highest BCUT2D eigenvalue weighted by molar-refractivity contribution is 9.10. The van der Waals surface area contributed by atoms with Gasteiger partial charge in [0.15, 0.2) is 0 Å². The quantitative estimate of drug-likeness (QED) is 0.865. The molecule has 20 heavy (non-hydrogen) atoms. The Bertz CT molecular complexity index is 446. The van der Waals surface area contributed by atoms with E-state index in [1.54, 1.807) is 0 Å². The summed E-state index contributed by atoms with van der Waals surface area (Å²) in [6, 6.07) is 8.09. The average Bonchev–Trinajstić information content (AvgIpc) is 2.82. The summed E-state index contributed by atoms with van der Waals surface area (Å²) in [7, 11) is 0. The second-order valence-electron chi connectivity index (χ2n) is 5.72. The molecule has 1 fully saturated rings. The van der Waals surface area contributed by atoms with Gasteiger partial charge in [-0.15, -0.1) is 0 Å². The number of hydrogen-bond acceptors (Lipinski definition) is 2. The van der Waals surface area contributed by atoms with E-state index in [-0.39, 0.29) is 23.8 Å². The summed E-state index contributed by atoms with van der Waals surface area (Å²) in [5.74, 6) is 0.512. The van der Waals surface area contributed by atoms with Gasteiger partial charge in [-0.3, -0.25) is 4.79 Å². The third-order valence-corrected chi connectivity index (χ3v) is 4.64. The second kappa shape index (κ2) is 7.23. The Hall–Kier alpha value is -0.870. The molecule has 3 unspecified atom stereocenters. The zero-order valence-electron chi connectivity index (χ0n) is 11.8. The van der Waals surface area contributed by atoms with E-state index in [0.29, 0.717) is 13.0 Å². The van der Waals surface area contributed by atoms with Crippen LogP contribution in [0.4, 0.5) is 0 Å². The molecule has 0 aromatic heterocycles. The smallest absolute Gasteiger partial charge is 0.220 e. The van der Waals surface area contributed by atoms with Gasteiger partial charge >= 0.3 is 0 Å². The Morgan fingerprint density at radius 3 is 2.70 bits per heavy atom. The summed E-state index contributed by atoms with van der Waals surface area (Å²) in [6.07, 6.45) is 3.21. The molecule has 3 atom stereocenters. The maximum atomic E-state index is 12.0. The van der Waals surface area contributed by atoms with Crippen molar-refractivity contribution >= 4 is 21.8 Å². The van der Waals surface area contributed by atoms with Crippen LogP contribution in [0.1, 0.15) is 44.1 Å². The second-order valence-corrected chi connectivity index (χ2v) is 6.63. The molecule has 0 spiro atoms. The standard InChI is InChI=1S/C16H22BrNO2/c1-11(12-5-7-14(17)8-6-12)9-16(20)18-10-13-3-2-4-15(13)19/h5-8,11,13,15,19H,2-4,9-10H2,1H3,(H,18,20). The van der Waals surface area contributed by atoms with Crippen molar-refractivity contribution in [3.05, 3.63) is 34.3 Å². The minimum Gasteiger partial charge on any atom is -0.393 e. The van der Waals surface area contributed by atoms with Crippen molar-refractivity contribution in [3.8, 4) is 0 Å². The molecule has 2 N–H and O–H groups in total. The molecule has 0 saturated heterocycles. The molecule has 0 aliphatic heterocycles. The molecule has 1 aromatic carbocycles. The largest absolute Gasteiger partial charge is 0.393 e. The Morgan fingerprint density at radius 1 is 1.40 bits per heavy atom. The molecule has 3 nitrogen and oxygen atoms in total. The summed E-state index contributed by atoms with van der Waals surface area (Å²) >= 11 is 3.41. The predicted molar refractivity (Wildman–Crippen MR) is 83.5 cm³/mol. The zero-order valence-corrected chi connectivity index (χ0v) is 13.4. The van der Waals surface area contributed by atoms with Crippen LogP contribution in [0.25, 0.3) is 0 Å². The molecule has 4 heteroatoms. The Morgan fingerprint density at radius 2 is 2.10 bits per heavy atom. The van der Waals surface area contributed by atoms with Crippen LogP contribution in [0.2, 0.25) is 0 Å². The molecule has 110 valence electrons. The average molecular weight is 340 g/mol. The van der Waals surface area contributed by atoms with E-state index in [1.807, 2.05) is 24.3 Å². The highest BCUT2D eigenvalue weighted by Gasteiger charge is 2.25. The Labute approximate surface area is 128 Å². The third-order valence-electron chi connectivity index (χ3n) is 4.11. The van der Waals surface area contributed by atoms with E-state index in [2.05, 4.69) is 28.2 Å². The van der Waals surface area contributed by atoms with Crippen LogP contribution in [0.15, 0.2) is 28.7 Å². The van der Waals surface area contributed by atoms with Crippen LogP contribution in [0.5, 0.6) is 0 Å². The van der Waals surface area contributed by atoms with Crippen LogP contribution >= 0.6 is 15.9 Å². The van der Waals surface area contributed by atoms with Gasteiger partial charge in [-0.1, -0.05) is 41.4 Å². The summed E-state index contributed by atoms with van der Waals surface area (Å²) in [5, 5.41) is 12.7. The van der Waals surface area contributed by atoms with Gasteiger partial charge in [-0.05, 0) is 36.5 Å². The molecule has 0 bridgehead atoms. The van der Waals surface area contributed by atoms with Crippen molar-refractivity contribution in [2.75, 3.05) is 6.54 Å². The van der Waals surface area contributed by atoms with Crippen molar-refractivity contribution in [2.45, 2.75) is 44.6 Å². The molecule has 0 heterocycles. The lowest BCUT2D eigenvalue weighted by atomic mass is 9.97. The molecule has 1 amide bonds. The van der Waals surface area contributed by atoms with Crippen molar-refractivity contribution in [1.82, 2.24) is 5.32 Å². The summed E-state index contributed by atoms with van der Waals surface area (Å²) in [4.78, 5) is 12.0. The van der Waals surface area contributed by atoms with Crippen LogP contribution in [-0.2, 0) is 4.79 Å².